The molecule has 5 nitrogen and oxygen atoms in total. The Bertz CT molecular complexity index is 1360. The van der Waals surface area contributed by atoms with Crippen LogP contribution in [-0.4, -0.2) is 15.9 Å². The van der Waals surface area contributed by atoms with Crippen LogP contribution in [0.3, 0.4) is 0 Å². The van der Waals surface area contributed by atoms with E-state index in [0.29, 0.717) is 29.1 Å². The van der Waals surface area contributed by atoms with Crippen molar-refractivity contribution in [3.63, 3.8) is 0 Å². The fourth-order valence-corrected chi connectivity index (χ4v) is 3.81. The molecule has 0 unspecified atom stereocenters. The van der Waals surface area contributed by atoms with Gasteiger partial charge in [0.25, 0.3) is 5.56 Å². The van der Waals surface area contributed by atoms with E-state index >= 15 is 0 Å². The minimum atomic E-state index is -0.200. The Morgan fingerprint density at radius 3 is 2.69 bits per heavy atom. The van der Waals surface area contributed by atoms with Crippen LogP contribution in [-0.2, 0) is 6.61 Å². The van der Waals surface area contributed by atoms with Crippen molar-refractivity contribution in [2.75, 3.05) is 0 Å². The smallest absolute Gasteiger partial charge is 0.282 e. The maximum atomic E-state index is 13.2. The van der Waals surface area contributed by atoms with E-state index in [4.69, 9.17) is 9.72 Å². The van der Waals surface area contributed by atoms with Crippen molar-refractivity contribution in [3.05, 3.63) is 104 Å². The summed E-state index contributed by atoms with van der Waals surface area (Å²) in [6.07, 6.45) is 1.66. The van der Waals surface area contributed by atoms with Crippen molar-refractivity contribution in [1.29, 1.82) is 0 Å². The molecule has 4 aromatic rings. The maximum absolute atomic E-state index is 13.2. The van der Waals surface area contributed by atoms with E-state index in [1.807, 2.05) is 62.4 Å². The van der Waals surface area contributed by atoms with Gasteiger partial charge in [0.05, 0.1) is 17.1 Å². The van der Waals surface area contributed by atoms with Crippen LogP contribution in [0.4, 0.5) is 0 Å². The van der Waals surface area contributed by atoms with E-state index in [0.717, 1.165) is 15.6 Å². The molecule has 0 radical (unpaired) electrons. The number of aromatic nitrogens is 2. The van der Waals surface area contributed by atoms with Crippen LogP contribution >= 0.6 is 15.9 Å². The zero-order valence-electron chi connectivity index (χ0n) is 18.2. The molecule has 0 N–H and O–H groups in total. The van der Waals surface area contributed by atoms with Crippen LogP contribution in [0.5, 0.6) is 5.75 Å². The maximum Gasteiger partial charge on any atom is 0.282 e. The first-order valence-corrected chi connectivity index (χ1v) is 11.3. The minimum Gasteiger partial charge on any atom is -0.488 e. The lowest BCUT2D eigenvalue weighted by Crippen LogP contribution is -2.23. The second-order valence-electron chi connectivity index (χ2n) is 7.96. The predicted molar refractivity (Wildman–Crippen MR) is 133 cm³/mol. The van der Waals surface area contributed by atoms with E-state index in [1.165, 1.54) is 10.2 Å². The molecular formula is C26H24BrN3O2. The Morgan fingerprint density at radius 1 is 1.09 bits per heavy atom. The number of halogens is 1. The Hall–Kier alpha value is -3.25. The number of hydrogen-bond acceptors (Lipinski definition) is 4. The molecule has 3 aromatic carbocycles. The second-order valence-corrected chi connectivity index (χ2v) is 8.88. The first-order chi connectivity index (χ1) is 15.4. The van der Waals surface area contributed by atoms with Crippen LogP contribution < -0.4 is 10.3 Å². The highest BCUT2D eigenvalue weighted by Crippen LogP contribution is 2.20. The van der Waals surface area contributed by atoms with E-state index < -0.39 is 0 Å². The van der Waals surface area contributed by atoms with Gasteiger partial charge in [0.15, 0.2) is 0 Å². The monoisotopic (exact) mass is 489 g/mol. The summed E-state index contributed by atoms with van der Waals surface area (Å²) >= 11 is 3.43. The SMILES string of the molecule is Cc1cccc(COc2ccccc2C=Nn2c(C(C)C)nc3ccc(Br)cc3c2=O)c1. The average Bonchev–Trinajstić information content (AvgIpc) is 2.78. The van der Waals surface area contributed by atoms with Gasteiger partial charge < -0.3 is 4.74 Å². The molecule has 0 saturated heterocycles. The quantitative estimate of drug-likeness (QED) is 0.309. The Balaban J connectivity index is 1.70. The highest BCUT2D eigenvalue weighted by Gasteiger charge is 2.14. The number of aryl methyl sites for hydroxylation is 1. The van der Waals surface area contributed by atoms with Crippen LogP contribution in [0, 0.1) is 6.92 Å². The van der Waals surface area contributed by atoms with Crippen molar-refractivity contribution < 1.29 is 4.74 Å². The van der Waals surface area contributed by atoms with Gasteiger partial charge in [0.1, 0.15) is 18.2 Å². The van der Waals surface area contributed by atoms with Crippen LogP contribution in [0.1, 0.15) is 42.3 Å². The molecule has 0 bridgehead atoms. The predicted octanol–water partition coefficient (Wildman–Crippen LogP) is 6.05. The number of benzene rings is 3. The first kappa shape index (κ1) is 22.0. The lowest BCUT2D eigenvalue weighted by Gasteiger charge is -2.12. The second kappa shape index (κ2) is 9.49. The molecule has 0 aliphatic heterocycles. The molecule has 32 heavy (non-hydrogen) atoms. The molecule has 4 rings (SSSR count). The van der Waals surface area contributed by atoms with E-state index in [9.17, 15) is 4.79 Å². The molecule has 0 saturated carbocycles. The summed E-state index contributed by atoms with van der Waals surface area (Å²) in [6, 6.07) is 21.4. The number of fused-ring (bicyclic) bond motifs is 1. The standard InChI is InChI=1S/C26H24BrN3O2/c1-17(2)25-29-23-12-11-21(27)14-22(23)26(31)30(25)28-15-20-9-4-5-10-24(20)32-16-19-8-6-7-18(3)13-19/h4-15,17H,16H2,1-3H3. The van der Waals surface area contributed by atoms with Crippen LogP contribution in [0.25, 0.3) is 10.9 Å². The topological polar surface area (TPSA) is 56.5 Å². The van der Waals surface area contributed by atoms with Gasteiger partial charge in [-0.25, -0.2) is 4.98 Å². The summed E-state index contributed by atoms with van der Waals surface area (Å²) in [5.74, 6) is 1.34. The lowest BCUT2D eigenvalue weighted by molar-refractivity contribution is 0.305. The van der Waals surface area contributed by atoms with Gasteiger partial charge in [-0.15, -0.1) is 0 Å². The Morgan fingerprint density at radius 2 is 1.91 bits per heavy atom. The molecule has 0 aliphatic rings. The summed E-state index contributed by atoms with van der Waals surface area (Å²) in [5, 5.41) is 5.05. The van der Waals surface area contributed by atoms with Crippen molar-refractivity contribution in [2.45, 2.75) is 33.3 Å². The molecule has 6 heteroatoms. The largest absolute Gasteiger partial charge is 0.488 e. The highest BCUT2D eigenvalue weighted by molar-refractivity contribution is 9.10. The average molecular weight is 490 g/mol. The molecule has 1 aromatic heterocycles. The summed E-state index contributed by atoms with van der Waals surface area (Å²) in [5.41, 5.74) is 3.54. The van der Waals surface area contributed by atoms with Gasteiger partial charge in [0, 0.05) is 16.0 Å². The first-order valence-electron chi connectivity index (χ1n) is 10.5. The van der Waals surface area contributed by atoms with Crippen molar-refractivity contribution in [2.24, 2.45) is 5.10 Å². The molecule has 0 spiro atoms. The van der Waals surface area contributed by atoms with Crippen molar-refractivity contribution in [3.8, 4) is 5.75 Å². The van der Waals surface area contributed by atoms with Gasteiger partial charge in [-0.05, 0) is 42.8 Å². The van der Waals surface area contributed by atoms with Crippen molar-refractivity contribution in [1.82, 2.24) is 9.66 Å². The third-order valence-electron chi connectivity index (χ3n) is 5.06. The Kier molecular flexibility index (Phi) is 6.51. The van der Waals surface area contributed by atoms with Gasteiger partial charge in [0.2, 0.25) is 0 Å². The number of nitrogens with zero attached hydrogens (tertiary/aromatic N) is 3. The lowest BCUT2D eigenvalue weighted by atomic mass is 10.1. The van der Waals surface area contributed by atoms with Crippen LogP contribution in [0.15, 0.2) is 81.1 Å². The van der Waals surface area contributed by atoms with Gasteiger partial charge in [-0.3, -0.25) is 4.79 Å². The number of rotatable bonds is 6. The molecule has 162 valence electrons. The number of hydrogen-bond donors (Lipinski definition) is 0. The zero-order valence-corrected chi connectivity index (χ0v) is 19.8. The zero-order chi connectivity index (χ0) is 22.7. The third kappa shape index (κ3) is 4.81. The third-order valence-corrected chi connectivity index (χ3v) is 5.55. The molecule has 1 heterocycles. The normalized spacial score (nSPS) is 11.5. The van der Waals surface area contributed by atoms with Crippen LogP contribution in [0.2, 0.25) is 0 Å². The molecule has 0 fully saturated rings. The minimum absolute atomic E-state index is 0.0284. The molecule has 0 atom stereocenters. The van der Waals surface area contributed by atoms with E-state index in [2.05, 4.69) is 40.1 Å². The molecule has 0 amide bonds. The number of ether oxygens (including phenoxy) is 1. The fourth-order valence-electron chi connectivity index (χ4n) is 3.45. The van der Waals surface area contributed by atoms with Gasteiger partial charge in [-0.2, -0.15) is 9.78 Å². The van der Waals surface area contributed by atoms with Crippen molar-refractivity contribution >= 4 is 33.0 Å². The summed E-state index contributed by atoms with van der Waals surface area (Å²) in [6.45, 7) is 6.51. The van der Waals surface area contributed by atoms with E-state index in [1.54, 1.807) is 12.3 Å². The molecule has 0 aliphatic carbocycles. The van der Waals surface area contributed by atoms with E-state index in [-0.39, 0.29) is 11.5 Å². The van der Waals surface area contributed by atoms with Gasteiger partial charge in [-0.1, -0.05) is 71.7 Å². The summed E-state index contributed by atoms with van der Waals surface area (Å²) in [7, 11) is 0. The van der Waals surface area contributed by atoms with Gasteiger partial charge >= 0.3 is 0 Å². The number of para-hydroxylation sites is 1. The molecular weight excluding hydrogens is 466 g/mol. The fraction of sp³-hybridized carbons (Fsp3) is 0.192. The highest BCUT2D eigenvalue weighted by atomic mass is 79.9. The summed E-state index contributed by atoms with van der Waals surface area (Å²) < 4.78 is 8.27. The Labute approximate surface area is 195 Å². The summed E-state index contributed by atoms with van der Waals surface area (Å²) in [4.78, 5) is 17.9.